The molecule has 2 N–H and O–H groups in total. The van der Waals surface area contributed by atoms with Crippen LogP contribution >= 0.6 is 15.9 Å². The van der Waals surface area contributed by atoms with E-state index in [1.807, 2.05) is 0 Å². The fourth-order valence-corrected chi connectivity index (χ4v) is 1.89. The van der Waals surface area contributed by atoms with Gasteiger partial charge in [0.05, 0.1) is 4.92 Å². The summed E-state index contributed by atoms with van der Waals surface area (Å²) in [5.74, 6) is -0.812. The van der Waals surface area contributed by atoms with Gasteiger partial charge in [0.15, 0.2) is 0 Å². The van der Waals surface area contributed by atoms with Crippen LogP contribution in [0.1, 0.15) is 18.4 Å². The van der Waals surface area contributed by atoms with E-state index in [2.05, 4.69) is 21.2 Å². The molecule has 0 spiro atoms. The van der Waals surface area contributed by atoms with Crippen molar-refractivity contribution in [1.29, 1.82) is 0 Å². The number of hydrogen-bond donors (Lipinski definition) is 2. The van der Waals surface area contributed by atoms with Crippen LogP contribution in [-0.2, 0) is 11.3 Å². The normalized spacial score (nSPS) is 10.3. The van der Waals surface area contributed by atoms with Crippen molar-refractivity contribution in [3.05, 3.63) is 38.3 Å². The zero-order chi connectivity index (χ0) is 13.5. The summed E-state index contributed by atoms with van der Waals surface area (Å²) in [6.45, 7) is 1.13. The third-order valence-corrected chi connectivity index (χ3v) is 3.05. The van der Waals surface area contributed by atoms with Crippen molar-refractivity contribution in [2.75, 3.05) is 6.54 Å². The van der Waals surface area contributed by atoms with Crippen LogP contribution in [0, 0.1) is 10.1 Å². The average Bonchev–Trinajstić information content (AvgIpc) is 2.29. The Kier molecular flexibility index (Phi) is 5.73. The zero-order valence-electron chi connectivity index (χ0n) is 9.56. The number of carboxylic acids is 1. The Bertz CT molecular complexity index is 451. The van der Waals surface area contributed by atoms with Gasteiger partial charge in [-0.1, -0.05) is 15.9 Å². The number of nitro benzene ring substituents is 1. The lowest BCUT2D eigenvalue weighted by Gasteiger charge is -2.06. The molecule has 1 rings (SSSR count). The quantitative estimate of drug-likeness (QED) is 0.457. The number of halogens is 1. The van der Waals surface area contributed by atoms with E-state index < -0.39 is 10.9 Å². The van der Waals surface area contributed by atoms with Crippen LogP contribution < -0.4 is 5.32 Å². The van der Waals surface area contributed by atoms with E-state index in [1.54, 1.807) is 6.07 Å². The highest BCUT2D eigenvalue weighted by Gasteiger charge is 2.08. The number of benzene rings is 1. The number of aliphatic carboxylic acids is 1. The van der Waals surface area contributed by atoms with Gasteiger partial charge in [0.25, 0.3) is 5.69 Å². The highest BCUT2D eigenvalue weighted by molar-refractivity contribution is 9.10. The average molecular weight is 317 g/mol. The number of carboxylic acid groups (broad SMARTS) is 1. The summed E-state index contributed by atoms with van der Waals surface area (Å²) in [6.07, 6.45) is 0.689. The molecule has 98 valence electrons. The van der Waals surface area contributed by atoms with Crippen LogP contribution in [0.5, 0.6) is 0 Å². The van der Waals surface area contributed by atoms with Gasteiger partial charge in [-0.2, -0.15) is 0 Å². The van der Waals surface area contributed by atoms with Gasteiger partial charge >= 0.3 is 5.97 Å². The molecule has 0 aliphatic rings. The van der Waals surface area contributed by atoms with E-state index in [9.17, 15) is 14.9 Å². The van der Waals surface area contributed by atoms with Crippen LogP contribution in [-0.4, -0.2) is 22.5 Å². The Labute approximate surface area is 112 Å². The third-order valence-electron chi connectivity index (χ3n) is 2.31. The molecular formula is C11H13BrN2O4. The first kappa shape index (κ1) is 14.6. The molecule has 6 nitrogen and oxygen atoms in total. The lowest BCUT2D eigenvalue weighted by molar-refractivity contribution is -0.384. The maximum atomic E-state index is 10.5. The van der Waals surface area contributed by atoms with Crippen LogP contribution in [0.25, 0.3) is 0 Å². The fourth-order valence-electron chi connectivity index (χ4n) is 1.38. The van der Waals surface area contributed by atoms with E-state index >= 15 is 0 Å². The predicted molar refractivity (Wildman–Crippen MR) is 69.4 cm³/mol. The molecule has 0 unspecified atom stereocenters. The molecule has 0 aromatic heterocycles. The minimum atomic E-state index is -0.812. The molecule has 0 saturated carbocycles. The number of nitrogens with zero attached hydrogens (tertiary/aromatic N) is 1. The zero-order valence-corrected chi connectivity index (χ0v) is 11.1. The van der Waals surface area contributed by atoms with Crippen LogP contribution in [0.15, 0.2) is 22.7 Å². The Morgan fingerprint density at radius 3 is 2.78 bits per heavy atom. The first-order valence-corrected chi connectivity index (χ1v) is 6.15. The van der Waals surface area contributed by atoms with Crippen LogP contribution in [0.4, 0.5) is 5.69 Å². The van der Waals surface area contributed by atoms with Gasteiger partial charge in [0.1, 0.15) is 0 Å². The summed E-state index contributed by atoms with van der Waals surface area (Å²) < 4.78 is 0.669. The van der Waals surface area contributed by atoms with Gasteiger partial charge < -0.3 is 10.4 Å². The number of nitrogens with one attached hydrogen (secondary N) is 1. The van der Waals surface area contributed by atoms with Gasteiger partial charge in [-0.3, -0.25) is 14.9 Å². The van der Waals surface area contributed by atoms with Gasteiger partial charge in [-0.05, 0) is 24.6 Å². The van der Waals surface area contributed by atoms with E-state index in [4.69, 9.17) is 5.11 Å². The van der Waals surface area contributed by atoms with Crippen molar-refractivity contribution in [3.63, 3.8) is 0 Å². The maximum absolute atomic E-state index is 10.5. The molecule has 7 heteroatoms. The minimum absolute atomic E-state index is 0.0384. The second kappa shape index (κ2) is 7.07. The van der Waals surface area contributed by atoms with Crippen molar-refractivity contribution >= 4 is 27.6 Å². The highest BCUT2D eigenvalue weighted by Crippen LogP contribution is 2.22. The molecule has 0 atom stereocenters. The second-order valence-corrected chi connectivity index (χ2v) is 4.56. The minimum Gasteiger partial charge on any atom is -0.481 e. The van der Waals surface area contributed by atoms with Crippen molar-refractivity contribution in [3.8, 4) is 0 Å². The largest absolute Gasteiger partial charge is 0.481 e. The van der Waals surface area contributed by atoms with E-state index in [0.29, 0.717) is 24.0 Å². The van der Waals surface area contributed by atoms with E-state index in [-0.39, 0.29) is 12.1 Å². The molecule has 0 bridgehead atoms. The summed E-state index contributed by atoms with van der Waals surface area (Å²) in [5, 5.41) is 22.1. The van der Waals surface area contributed by atoms with Crippen molar-refractivity contribution < 1.29 is 14.8 Å². The summed E-state index contributed by atoms with van der Waals surface area (Å²) in [6, 6.07) is 4.57. The van der Waals surface area contributed by atoms with Gasteiger partial charge in [-0.25, -0.2) is 0 Å². The molecule has 0 aliphatic heterocycles. The Balaban J connectivity index is 2.43. The molecule has 0 radical (unpaired) electrons. The van der Waals surface area contributed by atoms with Gasteiger partial charge in [0.2, 0.25) is 0 Å². The topological polar surface area (TPSA) is 92.5 Å². The molecule has 1 aromatic carbocycles. The Hall–Kier alpha value is -1.47. The van der Waals surface area contributed by atoms with Crippen LogP contribution in [0.3, 0.4) is 0 Å². The van der Waals surface area contributed by atoms with Crippen molar-refractivity contribution in [2.45, 2.75) is 19.4 Å². The first-order valence-electron chi connectivity index (χ1n) is 5.36. The number of hydrogen-bond acceptors (Lipinski definition) is 4. The summed E-state index contributed by atoms with van der Waals surface area (Å²) >= 11 is 3.27. The van der Waals surface area contributed by atoms with Crippen molar-refractivity contribution in [2.24, 2.45) is 0 Å². The highest BCUT2D eigenvalue weighted by atomic mass is 79.9. The summed E-state index contributed by atoms with van der Waals surface area (Å²) in [4.78, 5) is 20.4. The van der Waals surface area contributed by atoms with E-state index in [0.717, 1.165) is 5.56 Å². The van der Waals surface area contributed by atoms with Crippen LogP contribution in [0.2, 0.25) is 0 Å². The first-order chi connectivity index (χ1) is 8.50. The van der Waals surface area contributed by atoms with E-state index in [1.165, 1.54) is 12.1 Å². The fraction of sp³-hybridized carbons (Fsp3) is 0.364. The SMILES string of the molecule is O=C(O)CCCNCc1ccc([N+](=O)[O-])cc1Br. The number of rotatable bonds is 7. The molecular weight excluding hydrogens is 304 g/mol. The number of non-ortho nitro benzene ring substituents is 1. The molecule has 0 fully saturated rings. The molecule has 0 saturated heterocycles. The molecule has 0 aliphatic carbocycles. The summed E-state index contributed by atoms with van der Waals surface area (Å²) in [7, 11) is 0. The summed E-state index contributed by atoms with van der Waals surface area (Å²) in [5.41, 5.74) is 0.937. The Morgan fingerprint density at radius 2 is 2.22 bits per heavy atom. The smallest absolute Gasteiger partial charge is 0.303 e. The number of carbonyl (C=O) groups is 1. The molecule has 0 heterocycles. The molecule has 18 heavy (non-hydrogen) atoms. The second-order valence-electron chi connectivity index (χ2n) is 3.71. The molecule has 0 amide bonds. The lowest BCUT2D eigenvalue weighted by Crippen LogP contribution is -2.16. The van der Waals surface area contributed by atoms with Crippen molar-refractivity contribution in [1.82, 2.24) is 5.32 Å². The van der Waals surface area contributed by atoms with Gasteiger partial charge in [0, 0.05) is 29.6 Å². The molecule has 1 aromatic rings. The predicted octanol–water partition coefficient (Wildman–Crippen LogP) is 2.31. The standard InChI is InChI=1S/C11H13BrN2O4/c12-10-6-9(14(17)18)4-3-8(10)7-13-5-1-2-11(15)16/h3-4,6,13H,1-2,5,7H2,(H,15,16). The maximum Gasteiger partial charge on any atom is 0.303 e. The number of nitro groups is 1. The van der Waals surface area contributed by atoms with Gasteiger partial charge in [-0.15, -0.1) is 0 Å². The lowest BCUT2D eigenvalue weighted by atomic mass is 10.2. The monoisotopic (exact) mass is 316 g/mol. The Morgan fingerprint density at radius 1 is 1.50 bits per heavy atom. The third kappa shape index (κ3) is 4.80.